The number of hydrogen-bond acceptors (Lipinski definition) is 5. The Labute approximate surface area is 172 Å². The molecule has 26 heavy (non-hydrogen) atoms. The first kappa shape index (κ1) is 17.6. The van der Waals surface area contributed by atoms with Crippen LogP contribution in [-0.2, 0) is 0 Å². The summed E-state index contributed by atoms with van der Waals surface area (Å²) in [6, 6.07) is 10.8. The molecule has 0 aliphatic carbocycles. The maximum absolute atomic E-state index is 12.5. The molecule has 3 aromatic rings. The first-order valence-electron chi connectivity index (χ1n) is 7.72. The molecule has 1 N–H and O–H groups in total. The number of carbonyl (C=O) groups excluding carboxylic acids is 1. The molecular formula is C18H12ClIN2O3S. The highest BCUT2D eigenvalue weighted by molar-refractivity contribution is 14.1. The van der Waals surface area contributed by atoms with Gasteiger partial charge in [0.15, 0.2) is 16.6 Å². The molecule has 132 valence electrons. The lowest BCUT2D eigenvalue weighted by molar-refractivity contribution is 0.102. The average Bonchev–Trinajstić information content (AvgIpc) is 3.09. The third-order valence-corrected chi connectivity index (χ3v) is 5.62. The second-order valence-corrected chi connectivity index (χ2v) is 7.93. The van der Waals surface area contributed by atoms with Crippen molar-refractivity contribution in [2.75, 3.05) is 18.5 Å². The average molecular weight is 499 g/mol. The van der Waals surface area contributed by atoms with Gasteiger partial charge in [-0.3, -0.25) is 10.1 Å². The molecule has 2 aromatic carbocycles. The number of anilines is 1. The van der Waals surface area contributed by atoms with Crippen LogP contribution in [0.1, 0.15) is 10.4 Å². The van der Waals surface area contributed by atoms with Gasteiger partial charge < -0.3 is 9.47 Å². The summed E-state index contributed by atoms with van der Waals surface area (Å²) in [4.78, 5) is 17.0. The predicted octanol–water partition coefficient (Wildman–Crippen LogP) is 5.09. The van der Waals surface area contributed by atoms with Crippen LogP contribution in [0.3, 0.4) is 0 Å². The van der Waals surface area contributed by atoms with Crippen LogP contribution >= 0.6 is 45.5 Å². The van der Waals surface area contributed by atoms with E-state index in [0.29, 0.717) is 34.7 Å². The summed E-state index contributed by atoms with van der Waals surface area (Å²) in [5.41, 5.74) is 2.24. The van der Waals surface area contributed by atoms with E-state index in [9.17, 15) is 4.79 Å². The van der Waals surface area contributed by atoms with Crippen molar-refractivity contribution in [3.63, 3.8) is 0 Å². The fourth-order valence-corrected chi connectivity index (χ4v) is 4.34. The largest absolute Gasteiger partial charge is 0.486 e. The van der Waals surface area contributed by atoms with Gasteiger partial charge in [-0.2, -0.15) is 0 Å². The fraction of sp³-hybridized carbons (Fsp3) is 0.111. The van der Waals surface area contributed by atoms with Crippen LogP contribution in [0.25, 0.3) is 11.3 Å². The number of halogens is 2. The number of carbonyl (C=O) groups is 1. The number of nitrogens with zero attached hydrogens (tertiary/aromatic N) is 1. The number of ether oxygens (including phenoxy) is 2. The minimum Gasteiger partial charge on any atom is -0.486 e. The van der Waals surface area contributed by atoms with E-state index in [4.69, 9.17) is 21.1 Å². The first-order valence-corrected chi connectivity index (χ1v) is 10.1. The molecule has 0 radical (unpaired) electrons. The lowest BCUT2D eigenvalue weighted by atomic mass is 10.1. The highest BCUT2D eigenvalue weighted by Gasteiger charge is 2.16. The summed E-state index contributed by atoms with van der Waals surface area (Å²) in [6.45, 7) is 1.09. The Hall–Kier alpha value is -1.84. The second-order valence-electron chi connectivity index (χ2n) is 5.47. The molecule has 1 amide bonds. The van der Waals surface area contributed by atoms with Gasteiger partial charge in [0.1, 0.15) is 13.2 Å². The SMILES string of the molecule is O=C(Nc1nc(-c2ccc3c(c2)OCCO3)cs1)c1ccc(Cl)cc1I. The van der Waals surface area contributed by atoms with Gasteiger partial charge >= 0.3 is 0 Å². The number of fused-ring (bicyclic) bond motifs is 1. The number of aromatic nitrogens is 1. The number of thiazole rings is 1. The van der Waals surface area contributed by atoms with Crippen molar-refractivity contribution in [2.24, 2.45) is 0 Å². The normalized spacial score (nSPS) is 12.7. The van der Waals surface area contributed by atoms with E-state index < -0.39 is 0 Å². The molecule has 0 spiro atoms. The maximum Gasteiger partial charge on any atom is 0.258 e. The molecule has 0 atom stereocenters. The van der Waals surface area contributed by atoms with Gasteiger partial charge in [-0.1, -0.05) is 11.6 Å². The van der Waals surface area contributed by atoms with Crippen molar-refractivity contribution >= 4 is 56.6 Å². The van der Waals surface area contributed by atoms with Gasteiger partial charge in [0, 0.05) is 19.5 Å². The summed E-state index contributed by atoms with van der Waals surface area (Å²) in [6.07, 6.45) is 0. The standard InChI is InChI=1S/C18H12ClIN2O3S/c19-11-2-3-12(13(20)8-11)17(23)22-18-21-14(9-26-18)10-1-4-15-16(7-10)25-6-5-24-15/h1-4,7-9H,5-6H2,(H,21,22,23). The second kappa shape index (κ2) is 7.42. The van der Waals surface area contributed by atoms with Crippen LogP contribution < -0.4 is 14.8 Å². The molecule has 0 saturated heterocycles. The van der Waals surface area contributed by atoms with Crippen molar-refractivity contribution in [1.82, 2.24) is 4.98 Å². The summed E-state index contributed by atoms with van der Waals surface area (Å²) in [5.74, 6) is 1.23. The molecule has 0 fully saturated rings. The zero-order valence-corrected chi connectivity index (χ0v) is 17.0. The van der Waals surface area contributed by atoms with Crippen LogP contribution in [0.5, 0.6) is 11.5 Å². The van der Waals surface area contributed by atoms with Gasteiger partial charge in [0.25, 0.3) is 5.91 Å². The van der Waals surface area contributed by atoms with Gasteiger partial charge in [-0.15, -0.1) is 11.3 Å². The van der Waals surface area contributed by atoms with E-state index >= 15 is 0 Å². The zero-order valence-electron chi connectivity index (χ0n) is 13.3. The molecule has 0 bridgehead atoms. The molecule has 8 heteroatoms. The van der Waals surface area contributed by atoms with E-state index in [-0.39, 0.29) is 5.91 Å². The lowest BCUT2D eigenvalue weighted by Crippen LogP contribution is -2.15. The third-order valence-electron chi connectivity index (χ3n) is 3.74. The van der Waals surface area contributed by atoms with Crippen molar-refractivity contribution < 1.29 is 14.3 Å². The summed E-state index contributed by atoms with van der Waals surface area (Å²) < 4.78 is 11.9. The van der Waals surface area contributed by atoms with Crippen molar-refractivity contribution in [2.45, 2.75) is 0 Å². The number of nitrogens with one attached hydrogen (secondary N) is 1. The van der Waals surface area contributed by atoms with Gasteiger partial charge in [0.05, 0.1) is 11.3 Å². The molecule has 1 aliphatic rings. The molecular weight excluding hydrogens is 487 g/mol. The van der Waals surface area contributed by atoms with Crippen LogP contribution in [0.15, 0.2) is 41.8 Å². The monoisotopic (exact) mass is 498 g/mol. The minimum absolute atomic E-state index is 0.214. The predicted molar refractivity (Wildman–Crippen MR) is 111 cm³/mol. The Morgan fingerprint density at radius 1 is 1.15 bits per heavy atom. The van der Waals surface area contributed by atoms with Crippen molar-refractivity contribution in [3.8, 4) is 22.8 Å². The van der Waals surface area contributed by atoms with Crippen LogP contribution in [0, 0.1) is 3.57 Å². The van der Waals surface area contributed by atoms with Crippen LogP contribution in [0.2, 0.25) is 5.02 Å². The fourth-order valence-electron chi connectivity index (χ4n) is 2.50. The van der Waals surface area contributed by atoms with Gasteiger partial charge in [-0.25, -0.2) is 4.98 Å². The topological polar surface area (TPSA) is 60.5 Å². The quantitative estimate of drug-likeness (QED) is 0.511. The molecule has 0 unspecified atom stereocenters. The Morgan fingerprint density at radius 3 is 2.77 bits per heavy atom. The Bertz CT molecular complexity index is 992. The lowest BCUT2D eigenvalue weighted by Gasteiger charge is -2.18. The number of hydrogen-bond donors (Lipinski definition) is 1. The minimum atomic E-state index is -0.214. The Morgan fingerprint density at radius 2 is 1.96 bits per heavy atom. The van der Waals surface area contributed by atoms with Crippen LogP contribution in [0.4, 0.5) is 5.13 Å². The summed E-state index contributed by atoms with van der Waals surface area (Å²) in [7, 11) is 0. The van der Waals surface area contributed by atoms with E-state index in [0.717, 1.165) is 20.6 Å². The number of rotatable bonds is 3. The van der Waals surface area contributed by atoms with E-state index in [2.05, 4.69) is 32.9 Å². The summed E-state index contributed by atoms with van der Waals surface area (Å²) in [5, 5.41) is 5.86. The van der Waals surface area contributed by atoms with Crippen molar-refractivity contribution in [3.05, 3.63) is 55.9 Å². The van der Waals surface area contributed by atoms with Crippen molar-refractivity contribution in [1.29, 1.82) is 0 Å². The number of benzene rings is 2. The Balaban J connectivity index is 1.54. The van der Waals surface area contributed by atoms with E-state index in [1.807, 2.05) is 23.6 Å². The highest BCUT2D eigenvalue weighted by Crippen LogP contribution is 2.35. The van der Waals surface area contributed by atoms with Crippen LogP contribution in [-0.4, -0.2) is 24.1 Å². The summed E-state index contributed by atoms with van der Waals surface area (Å²) >= 11 is 9.40. The molecule has 2 heterocycles. The number of amides is 1. The first-order chi connectivity index (χ1) is 12.6. The molecule has 5 nitrogen and oxygen atoms in total. The van der Waals surface area contributed by atoms with E-state index in [1.54, 1.807) is 18.2 Å². The van der Waals surface area contributed by atoms with E-state index in [1.165, 1.54) is 11.3 Å². The smallest absolute Gasteiger partial charge is 0.258 e. The third kappa shape index (κ3) is 3.65. The maximum atomic E-state index is 12.5. The molecule has 1 aromatic heterocycles. The molecule has 4 rings (SSSR count). The molecule has 0 saturated carbocycles. The van der Waals surface area contributed by atoms with Gasteiger partial charge in [0.2, 0.25) is 0 Å². The Kier molecular flexibility index (Phi) is 5.01. The highest BCUT2D eigenvalue weighted by atomic mass is 127. The van der Waals surface area contributed by atoms with Gasteiger partial charge in [-0.05, 0) is 59.0 Å². The zero-order chi connectivity index (χ0) is 18.1. The molecule has 1 aliphatic heterocycles.